The van der Waals surface area contributed by atoms with Gasteiger partial charge in [0.1, 0.15) is 13.1 Å². The quantitative estimate of drug-likeness (QED) is 0.823. The Morgan fingerprint density at radius 2 is 1.93 bits per heavy atom. The molecule has 1 aliphatic rings. The maximum absolute atomic E-state index is 12.9. The van der Waals surface area contributed by atoms with Crippen molar-refractivity contribution in [2.24, 2.45) is 4.99 Å². The number of rotatable bonds is 5. The lowest BCUT2D eigenvalue weighted by molar-refractivity contribution is -0.124. The van der Waals surface area contributed by atoms with Gasteiger partial charge in [-0.2, -0.15) is 5.26 Å². The van der Waals surface area contributed by atoms with Crippen molar-refractivity contribution < 1.29 is 9.59 Å². The maximum Gasteiger partial charge on any atom is 0.291 e. The first-order chi connectivity index (χ1) is 13.1. The number of amides is 2. The fourth-order valence-electron chi connectivity index (χ4n) is 2.68. The van der Waals surface area contributed by atoms with Crippen LogP contribution in [0, 0.1) is 18.3 Å². The van der Waals surface area contributed by atoms with E-state index in [0.29, 0.717) is 5.69 Å². The van der Waals surface area contributed by atoms with Crippen molar-refractivity contribution in [2.45, 2.75) is 13.5 Å². The average Bonchev–Trinajstić information content (AvgIpc) is 2.69. The summed E-state index contributed by atoms with van der Waals surface area (Å²) in [6.07, 6.45) is 0. The van der Waals surface area contributed by atoms with Crippen LogP contribution in [-0.4, -0.2) is 35.6 Å². The minimum atomic E-state index is -0.426. The molecule has 1 heterocycles. The van der Waals surface area contributed by atoms with E-state index >= 15 is 0 Å². The van der Waals surface area contributed by atoms with E-state index in [-0.39, 0.29) is 31.4 Å². The average molecular weight is 361 g/mol. The molecule has 0 unspecified atom stereocenters. The maximum atomic E-state index is 12.9. The number of aryl methyl sites for hydroxylation is 1. The van der Waals surface area contributed by atoms with Crippen molar-refractivity contribution in [2.75, 3.05) is 18.1 Å². The molecule has 0 saturated heterocycles. The Hall–Kier alpha value is -3.66. The van der Waals surface area contributed by atoms with E-state index in [4.69, 9.17) is 5.26 Å². The Morgan fingerprint density at radius 1 is 1.22 bits per heavy atom. The fourth-order valence-corrected chi connectivity index (χ4v) is 2.68. The highest BCUT2D eigenvalue weighted by atomic mass is 16.2. The molecule has 0 saturated carbocycles. The summed E-state index contributed by atoms with van der Waals surface area (Å²) in [5.41, 5.74) is 5.39. The van der Waals surface area contributed by atoms with E-state index in [1.54, 1.807) is 12.1 Å². The van der Waals surface area contributed by atoms with Crippen LogP contribution in [0.15, 0.2) is 59.6 Å². The summed E-state index contributed by atoms with van der Waals surface area (Å²) in [5.74, 6) is -0.642. The summed E-state index contributed by atoms with van der Waals surface area (Å²) >= 11 is 0. The second-order valence-electron chi connectivity index (χ2n) is 6.15. The molecule has 2 aromatic carbocycles. The third kappa shape index (κ3) is 4.30. The van der Waals surface area contributed by atoms with Gasteiger partial charge in [0, 0.05) is 6.54 Å². The molecule has 1 aliphatic heterocycles. The Morgan fingerprint density at radius 3 is 2.59 bits per heavy atom. The Labute approximate surface area is 157 Å². The molecule has 27 heavy (non-hydrogen) atoms. The molecule has 0 aliphatic carbocycles. The van der Waals surface area contributed by atoms with Gasteiger partial charge < -0.3 is 4.90 Å². The summed E-state index contributed by atoms with van der Waals surface area (Å²) in [6.45, 7) is 2.03. The summed E-state index contributed by atoms with van der Waals surface area (Å²) in [4.78, 5) is 30.5. The lowest BCUT2D eigenvalue weighted by Gasteiger charge is -2.30. The second-order valence-corrected chi connectivity index (χ2v) is 6.15. The Balaban J connectivity index is 1.78. The number of nitrogens with one attached hydrogen (secondary N) is 1. The number of anilines is 1. The molecule has 2 amide bonds. The zero-order valence-electron chi connectivity index (χ0n) is 14.9. The molecule has 2 aromatic rings. The lowest BCUT2D eigenvalue weighted by Crippen LogP contribution is -2.56. The molecule has 0 spiro atoms. The Bertz CT molecular complexity index is 900. The first kappa shape index (κ1) is 18.1. The summed E-state index contributed by atoms with van der Waals surface area (Å²) in [5, 5.41) is 10.4. The first-order valence-electron chi connectivity index (χ1n) is 8.49. The van der Waals surface area contributed by atoms with Crippen molar-refractivity contribution in [3.05, 3.63) is 65.7 Å². The highest BCUT2D eigenvalue weighted by Crippen LogP contribution is 2.16. The molecule has 1 N–H and O–H groups in total. The van der Waals surface area contributed by atoms with E-state index in [1.807, 2.05) is 55.5 Å². The lowest BCUT2D eigenvalue weighted by atomic mass is 10.2. The smallest absolute Gasteiger partial charge is 0.291 e. The number of carbonyl (C=O) groups excluding carboxylic acids is 2. The zero-order chi connectivity index (χ0) is 19.2. The van der Waals surface area contributed by atoms with E-state index in [1.165, 1.54) is 9.91 Å². The number of amidine groups is 1. The number of hydrogen-bond donors (Lipinski definition) is 1. The molecule has 7 heteroatoms. The highest BCUT2D eigenvalue weighted by Gasteiger charge is 2.28. The molecule has 0 bridgehead atoms. The van der Waals surface area contributed by atoms with Gasteiger partial charge >= 0.3 is 0 Å². The molecule has 136 valence electrons. The molecular weight excluding hydrogens is 342 g/mol. The second kappa shape index (κ2) is 8.15. The van der Waals surface area contributed by atoms with Crippen LogP contribution in [0.25, 0.3) is 0 Å². The van der Waals surface area contributed by atoms with Crippen LogP contribution in [0.3, 0.4) is 0 Å². The van der Waals surface area contributed by atoms with Crippen molar-refractivity contribution >= 4 is 23.3 Å². The van der Waals surface area contributed by atoms with Crippen LogP contribution in [0.4, 0.5) is 5.69 Å². The van der Waals surface area contributed by atoms with E-state index in [2.05, 4.69) is 10.4 Å². The van der Waals surface area contributed by atoms with E-state index in [9.17, 15) is 9.59 Å². The predicted octanol–water partition coefficient (Wildman–Crippen LogP) is 1.80. The van der Waals surface area contributed by atoms with Crippen LogP contribution in [0.1, 0.15) is 11.1 Å². The van der Waals surface area contributed by atoms with E-state index in [0.717, 1.165) is 11.1 Å². The van der Waals surface area contributed by atoms with Crippen molar-refractivity contribution in [1.29, 1.82) is 5.26 Å². The van der Waals surface area contributed by atoms with Gasteiger partial charge in [0.15, 0.2) is 0 Å². The minimum absolute atomic E-state index is 0.0429. The molecular formula is C20H19N5O2. The topological polar surface area (TPSA) is 88.8 Å². The minimum Gasteiger partial charge on any atom is -0.318 e. The molecule has 0 fully saturated rings. The number of hydrazine groups is 1. The number of carbonyl (C=O) groups is 2. The summed E-state index contributed by atoms with van der Waals surface area (Å²) in [7, 11) is 0. The molecule has 0 radical (unpaired) electrons. The van der Waals surface area contributed by atoms with Gasteiger partial charge in [0.2, 0.25) is 5.84 Å². The van der Waals surface area contributed by atoms with Crippen molar-refractivity contribution in [3.8, 4) is 6.07 Å². The molecule has 3 rings (SSSR count). The number of hydrogen-bond acceptors (Lipinski definition) is 5. The predicted molar refractivity (Wildman–Crippen MR) is 102 cm³/mol. The third-order valence-corrected chi connectivity index (χ3v) is 4.10. The van der Waals surface area contributed by atoms with Crippen LogP contribution in [-0.2, 0) is 16.1 Å². The van der Waals surface area contributed by atoms with Crippen molar-refractivity contribution in [1.82, 2.24) is 10.3 Å². The van der Waals surface area contributed by atoms with Gasteiger partial charge in [-0.25, -0.2) is 5.01 Å². The van der Waals surface area contributed by atoms with Crippen molar-refractivity contribution in [3.63, 3.8) is 0 Å². The van der Waals surface area contributed by atoms with Crippen LogP contribution in [0.2, 0.25) is 0 Å². The van der Waals surface area contributed by atoms with Crippen LogP contribution in [0.5, 0.6) is 0 Å². The third-order valence-electron chi connectivity index (χ3n) is 4.10. The van der Waals surface area contributed by atoms with E-state index < -0.39 is 5.91 Å². The largest absolute Gasteiger partial charge is 0.318 e. The normalized spacial score (nSPS) is 13.4. The number of benzene rings is 2. The van der Waals surface area contributed by atoms with Crippen LogP contribution < -0.4 is 10.4 Å². The standard InChI is InChI=1S/C20H19N5O2/c1-15-7-9-17(10-8-15)25-18(26)13-22-19(23-25)20(27)24(12-11-21)14-16-5-3-2-4-6-16/h2-10H,12-14H2,1H3,(H,22,23). The summed E-state index contributed by atoms with van der Waals surface area (Å²) < 4.78 is 0. The van der Waals surface area contributed by atoms with Gasteiger partial charge in [0.05, 0.1) is 11.8 Å². The van der Waals surface area contributed by atoms with Crippen LogP contribution >= 0.6 is 0 Å². The highest BCUT2D eigenvalue weighted by molar-refractivity contribution is 6.39. The summed E-state index contributed by atoms with van der Waals surface area (Å²) in [6, 6.07) is 18.8. The van der Waals surface area contributed by atoms with Gasteiger partial charge in [-0.05, 0) is 24.6 Å². The fraction of sp³-hybridized carbons (Fsp3) is 0.200. The number of nitriles is 1. The van der Waals surface area contributed by atoms with Gasteiger partial charge in [-0.1, -0.05) is 48.0 Å². The van der Waals surface area contributed by atoms with Gasteiger partial charge in [0.25, 0.3) is 11.8 Å². The first-order valence-corrected chi connectivity index (χ1v) is 8.49. The Kier molecular flexibility index (Phi) is 5.47. The molecule has 0 atom stereocenters. The number of aliphatic imine (C=N–C) groups is 1. The van der Waals surface area contributed by atoms with Gasteiger partial charge in [-0.3, -0.25) is 20.0 Å². The molecule has 0 aromatic heterocycles. The number of nitrogens with zero attached hydrogens (tertiary/aromatic N) is 4. The van der Waals surface area contributed by atoms with Gasteiger partial charge in [-0.15, -0.1) is 0 Å². The molecule has 7 nitrogen and oxygen atoms in total. The SMILES string of the molecule is Cc1ccc(N2NC(C(=O)N(CC#N)Cc3ccccc3)=NCC2=O)cc1. The zero-order valence-corrected chi connectivity index (χ0v) is 14.9. The monoisotopic (exact) mass is 361 g/mol.